The molecule has 8 heteroatoms. The topological polar surface area (TPSA) is 79.9 Å². The molecule has 0 bridgehead atoms. The quantitative estimate of drug-likeness (QED) is 0.757. The summed E-state index contributed by atoms with van der Waals surface area (Å²) in [6.45, 7) is 4.71. The van der Waals surface area contributed by atoms with Gasteiger partial charge in [-0.25, -0.2) is 0 Å². The molecule has 1 aromatic rings. The fourth-order valence-corrected chi connectivity index (χ4v) is 3.64. The van der Waals surface area contributed by atoms with Gasteiger partial charge in [0.2, 0.25) is 5.91 Å². The van der Waals surface area contributed by atoms with E-state index in [0.717, 1.165) is 25.9 Å². The van der Waals surface area contributed by atoms with Crippen LogP contribution in [0.3, 0.4) is 0 Å². The Morgan fingerprint density at radius 2 is 2.07 bits per heavy atom. The number of carbonyl (C=O) groups excluding carboxylic acids is 2. The van der Waals surface area contributed by atoms with Gasteiger partial charge in [0.25, 0.3) is 5.91 Å². The number of para-hydroxylation sites is 2. The molecule has 2 heterocycles. The molecule has 1 aromatic carbocycles. The molecule has 1 atom stereocenters. The van der Waals surface area contributed by atoms with Gasteiger partial charge in [-0.1, -0.05) is 12.1 Å². The number of anilines is 1. The first-order valence-electron chi connectivity index (χ1n) is 9.08. The van der Waals surface area contributed by atoms with E-state index < -0.39 is 6.10 Å². The van der Waals surface area contributed by atoms with Crippen LogP contribution in [-0.4, -0.2) is 57.8 Å². The molecule has 2 aliphatic heterocycles. The largest absolute Gasteiger partial charge is 0.479 e. The Hall–Kier alpha value is -1.83. The zero-order valence-electron chi connectivity index (χ0n) is 15.8. The van der Waals surface area contributed by atoms with Gasteiger partial charge in [0.15, 0.2) is 6.10 Å². The maximum Gasteiger partial charge on any atom is 0.268 e. The number of hydrogen-bond acceptors (Lipinski definition) is 5. The maximum absolute atomic E-state index is 12.6. The Morgan fingerprint density at radius 1 is 1.37 bits per heavy atom. The third-order valence-corrected chi connectivity index (χ3v) is 5.15. The van der Waals surface area contributed by atoms with Crippen LogP contribution >= 0.6 is 12.4 Å². The summed E-state index contributed by atoms with van der Waals surface area (Å²) in [7, 11) is 1.69. The summed E-state index contributed by atoms with van der Waals surface area (Å²) >= 11 is 0. The fraction of sp³-hybridized carbons (Fsp3) is 0.579. The van der Waals surface area contributed by atoms with E-state index in [1.54, 1.807) is 20.1 Å². The summed E-state index contributed by atoms with van der Waals surface area (Å²) in [5.74, 6) is 0.255. The maximum atomic E-state index is 12.6. The predicted molar refractivity (Wildman–Crippen MR) is 106 cm³/mol. The first-order valence-corrected chi connectivity index (χ1v) is 9.08. The van der Waals surface area contributed by atoms with Crippen LogP contribution in [0.2, 0.25) is 0 Å². The lowest BCUT2D eigenvalue weighted by atomic mass is 9.79. The number of carbonyl (C=O) groups is 2. The number of hydrogen-bond donors (Lipinski definition) is 2. The standard InChI is InChI=1S/C19H27N3O4.ClH/c1-14-18(24)22(15-5-3-4-6-16(15)26-14)11-17(23)21-12-19(13-25-2)7-9-20-10-8-19;/h3-6,14,20H,7-13H2,1-2H3,(H,21,23);1H. The Bertz CT molecular complexity index is 659. The zero-order chi connectivity index (χ0) is 18.6. The van der Waals surface area contributed by atoms with Crippen molar-refractivity contribution in [1.29, 1.82) is 0 Å². The van der Waals surface area contributed by atoms with Gasteiger partial charge in [-0.2, -0.15) is 0 Å². The molecule has 3 rings (SSSR count). The number of nitrogens with zero attached hydrogens (tertiary/aromatic N) is 1. The Balaban J connectivity index is 0.00000261. The highest BCUT2D eigenvalue weighted by Crippen LogP contribution is 2.33. The molecule has 2 amide bonds. The molecule has 1 unspecified atom stereocenters. The van der Waals surface area contributed by atoms with Crippen molar-refractivity contribution in [3.05, 3.63) is 24.3 Å². The van der Waals surface area contributed by atoms with Crippen LogP contribution in [0.25, 0.3) is 0 Å². The lowest BCUT2D eigenvalue weighted by Crippen LogP contribution is -2.51. The summed E-state index contributed by atoms with van der Waals surface area (Å²) in [6.07, 6.45) is 1.32. The number of methoxy groups -OCH3 is 1. The zero-order valence-corrected chi connectivity index (χ0v) is 16.6. The molecule has 0 radical (unpaired) electrons. The van der Waals surface area contributed by atoms with Crippen LogP contribution in [0.15, 0.2) is 24.3 Å². The molecule has 0 spiro atoms. The highest BCUT2D eigenvalue weighted by Gasteiger charge is 2.35. The van der Waals surface area contributed by atoms with Gasteiger partial charge in [-0.05, 0) is 45.0 Å². The van der Waals surface area contributed by atoms with Crippen molar-refractivity contribution in [2.24, 2.45) is 5.41 Å². The molecule has 27 heavy (non-hydrogen) atoms. The minimum absolute atomic E-state index is 0. The van der Waals surface area contributed by atoms with Gasteiger partial charge in [0.05, 0.1) is 12.3 Å². The van der Waals surface area contributed by atoms with Crippen molar-refractivity contribution in [3.63, 3.8) is 0 Å². The second-order valence-electron chi connectivity index (χ2n) is 7.11. The van der Waals surface area contributed by atoms with Gasteiger partial charge in [-0.15, -0.1) is 12.4 Å². The number of ether oxygens (including phenoxy) is 2. The van der Waals surface area contributed by atoms with Crippen LogP contribution in [0.4, 0.5) is 5.69 Å². The normalized spacial score (nSPS) is 20.9. The third-order valence-electron chi connectivity index (χ3n) is 5.15. The van der Waals surface area contributed by atoms with Gasteiger partial charge < -0.3 is 20.1 Å². The van der Waals surface area contributed by atoms with Crippen molar-refractivity contribution < 1.29 is 19.1 Å². The molecule has 2 aliphatic rings. The lowest BCUT2D eigenvalue weighted by Gasteiger charge is -2.37. The van der Waals surface area contributed by atoms with E-state index in [1.165, 1.54) is 4.90 Å². The van der Waals surface area contributed by atoms with Gasteiger partial charge in [0.1, 0.15) is 12.3 Å². The molecule has 2 N–H and O–H groups in total. The Kier molecular flexibility index (Phi) is 7.47. The second kappa shape index (κ2) is 9.39. The van der Waals surface area contributed by atoms with Crippen LogP contribution in [0.1, 0.15) is 19.8 Å². The number of fused-ring (bicyclic) bond motifs is 1. The first-order chi connectivity index (χ1) is 12.5. The first kappa shape index (κ1) is 21.5. The van der Waals surface area contributed by atoms with Crippen molar-refractivity contribution in [1.82, 2.24) is 10.6 Å². The van der Waals surface area contributed by atoms with Crippen molar-refractivity contribution in [2.75, 3.05) is 44.8 Å². The average Bonchev–Trinajstić information content (AvgIpc) is 2.65. The van der Waals surface area contributed by atoms with Crippen LogP contribution < -0.4 is 20.3 Å². The number of nitrogens with one attached hydrogen (secondary N) is 2. The number of amides is 2. The molecular formula is C19H28ClN3O4. The highest BCUT2D eigenvalue weighted by atomic mass is 35.5. The van der Waals surface area contributed by atoms with E-state index in [0.29, 0.717) is 24.6 Å². The molecule has 0 saturated carbocycles. The van der Waals surface area contributed by atoms with E-state index in [9.17, 15) is 9.59 Å². The summed E-state index contributed by atoms with van der Waals surface area (Å²) in [5, 5.41) is 6.35. The number of piperidine rings is 1. The van der Waals surface area contributed by atoms with E-state index in [1.807, 2.05) is 18.2 Å². The molecule has 7 nitrogen and oxygen atoms in total. The number of rotatable bonds is 6. The monoisotopic (exact) mass is 397 g/mol. The summed E-state index contributed by atoms with van der Waals surface area (Å²) in [4.78, 5) is 26.6. The molecule has 1 fully saturated rings. The van der Waals surface area contributed by atoms with E-state index in [2.05, 4.69) is 10.6 Å². The van der Waals surface area contributed by atoms with Crippen LogP contribution in [0.5, 0.6) is 5.75 Å². The summed E-state index contributed by atoms with van der Waals surface area (Å²) in [6, 6.07) is 7.29. The van der Waals surface area contributed by atoms with E-state index in [-0.39, 0.29) is 36.2 Å². The van der Waals surface area contributed by atoms with Gasteiger partial charge >= 0.3 is 0 Å². The number of benzene rings is 1. The Labute approximate surface area is 166 Å². The molecule has 0 aromatic heterocycles. The molecular weight excluding hydrogens is 370 g/mol. The average molecular weight is 398 g/mol. The van der Waals surface area contributed by atoms with Crippen molar-refractivity contribution in [2.45, 2.75) is 25.9 Å². The smallest absolute Gasteiger partial charge is 0.268 e. The molecule has 0 aliphatic carbocycles. The van der Waals surface area contributed by atoms with Crippen molar-refractivity contribution >= 4 is 29.9 Å². The minimum atomic E-state index is -0.595. The Morgan fingerprint density at radius 3 is 2.78 bits per heavy atom. The second-order valence-corrected chi connectivity index (χ2v) is 7.11. The molecule has 150 valence electrons. The third kappa shape index (κ3) is 4.91. The molecule has 1 saturated heterocycles. The van der Waals surface area contributed by atoms with Gasteiger partial charge in [0, 0.05) is 19.1 Å². The summed E-state index contributed by atoms with van der Waals surface area (Å²) < 4.78 is 11.0. The van der Waals surface area contributed by atoms with E-state index in [4.69, 9.17) is 9.47 Å². The van der Waals surface area contributed by atoms with Crippen LogP contribution in [-0.2, 0) is 14.3 Å². The SMILES string of the molecule is COCC1(CNC(=O)CN2C(=O)C(C)Oc3ccccc32)CCNCC1.Cl. The lowest BCUT2D eigenvalue weighted by molar-refractivity contribution is -0.128. The van der Waals surface area contributed by atoms with Crippen molar-refractivity contribution in [3.8, 4) is 5.75 Å². The highest BCUT2D eigenvalue weighted by molar-refractivity contribution is 6.03. The number of halogens is 1. The summed E-state index contributed by atoms with van der Waals surface area (Å²) in [5.41, 5.74) is 0.592. The fourth-order valence-electron chi connectivity index (χ4n) is 3.64. The van der Waals surface area contributed by atoms with Crippen LogP contribution in [0, 0.1) is 5.41 Å². The minimum Gasteiger partial charge on any atom is -0.479 e. The van der Waals surface area contributed by atoms with E-state index >= 15 is 0 Å². The predicted octanol–water partition coefficient (Wildman–Crippen LogP) is 1.35. The van der Waals surface area contributed by atoms with Gasteiger partial charge in [-0.3, -0.25) is 14.5 Å².